The minimum atomic E-state index is 0.159. The highest BCUT2D eigenvalue weighted by molar-refractivity contribution is 5.55. The summed E-state index contributed by atoms with van der Waals surface area (Å²) < 4.78 is 0. The van der Waals surface area contributed by atoms with Gasteiger partial charge in [-0.25, -0.2) is 0 Å². The molecule has 3 nitrogen and oxygen atoms in total. The van der Waals surface area contributed by atoms with Gasteiger partial charge in [0.1, 0.15) is 0 Å². The summed E-state index contributed by atoms with van der Waals surface area (Å²) in [5.41, 5.74) is 10.2. The standard InChI is InChI=1S/C12H17N3/c13-11-10-1-4-15-8-9(10)7-12(11)2-5-14-6-3-12/h1,4,7,14-15H,2-3,5-6,8,13H2. The van der Waals surface area contributed by atoms with E-state index in [1.54, 1.807) is 0 Å². The molecule has 0 unspecified atom stereocenters. The summed E-state index contributed by atoms with van der Waals surface area (Å²) >= 11 is 0. The highest BCUT2D eigenvalue weighted by atomic mass is 14.9. The van der Waals surface area contributed by atoms with Crippen molar-refractivity contribution >= 4 is 0 Å². The fourth-order valence-electron chi connectivity index (χ4n) is 2.87. The first-order valence-corrected chi connectivity index (χ1v) is 5.65. The van der Waals surface area contributed by atoms with Crippen molar-refractivity contribution in [2.24, 2.45) is 11.1 Å². The van der Waals surface area contributed by atoms with Crippen LogP contribution in [0.25, 0.3) is 0 Å². The van der Waals surface area contributed by atoms with E-state index in [9.17, 15) is 0 Å². The fourth-order valence-corrected chi connectivity index (χ4v) is 2.87. The predicted molar refractivity (Wildman–Crippen MR) is 61.0 cm³/mol. The first kappa shape index (κ1) is 9.04. The van der Waals surface area contributed by atoms with E-state index in [-0.39, 0.29) is 5.41 Å². The molecule has 2 heterocycles. The first-order valence-electron chi connectivity index (χ1n) is 5.65. The smallest absolute Gasteiger partial charge is 0.0399 e. The van der Waals surface area contributed by atoms with Gasteiger partial charge in [-0.05, 0) is 43.8 Å². The van der Waals surface area contributed by atoms with Crippen molar-refractivity contribution in [3.05, 3.63) is 35.2 Å². The topological polar surface area (TPSA) is 50.1 Å². The van der Waals surface area contributed by atoms with Gasteiger partial charge in [0.25, 0.3) is 0 Å². The molecule has 1 fully saturated rings. The molecule has 0 bridgehead atoms. The molecule has 1 saturated heterocycles. The normalized spacial score (nSPS) is 27.6. The predicted octanol–water partition coefficient (Wildman–Crippen LogP) is 0.626. The molecule has 3 aliphatic rings. The zero-order valence-electron chi connectivity index (χ0n) is 8.84. The molecule has 1 spiro atoms. The molecule has 0 aromatic rings. The number of nitrogens with one attached hydrogen (secondary N) is 2. The minimum absolute atomic E-state index is 0.159. The van der Waals surface area contributed by atoms with Crippen LogP contribution < -0.4 is 16.4 Å². The Bertz CT molecular complexity index is 370. The summed E-state index contributed by atoms with van der Waals surface area (Å²) in [5, 5.41) is 6.64. The van der Waals surface area contributed by atoms with Crippen molar-refractivity contribution in [1.82, 2.24) is 10.6 Å². The molecule has 2 aliphatic heterocycles. The third-order valence-corrected chi connectivity index (χ3v) is 3.78. The van der Waals surface area contributed by atoms with Gasteiger partial charge in [0, 0.05) is 23.2 Å². The van der Waals surface area contributed by atoms with E-state index in [1.807, 2.05) is 6.20 Å². The van der Waals surface area contributed by atoms with E-state index in [1.165, 1.54) is 11.1 Å². The number of allylic oxidation sites excluding steroid dienone is 2. The van der Waals surface area contributed by atoms with Gasteiger partial charge in [0.15, 0.2) is 0 Å². The van der Waals surface area contributed by atoms with E-state index in [0.29, 0.717) is 0 Å². The van der Waals surface area contributed by atoms with Crippen LogP contribution in [0, 0.1) is 5.41 Å². The maximum absolute atomic E-state index is 6.32. The molecule has 0 atom stereocenters. The highest BCUT2D eigenvalue weighted by Gasteiger charge is 2.39. The molecular weight excluding hydrogens is 186 g/mol. The van der Waals surface area contributed by atoms with Crippen LogP contribution in [-0.2, 0) is 0 Å². The lowest BCUT2D eigenvalue weighted by molar-refractivity contribution is 0.324. The average molecular weight is 203 g/mol. The van der Waals surface area contributed by atoms with Gasteiger partial charge in [0.05, 0.1) is 0 Å². The Morgan fingerprint density at radius 2 is 2.07 bits per heavy atom. The second-order valence-corrected chi connectivity index (χ2v) is 4.62. The van der Waals surface area contributed by atoms with Crippen LogP contribution in [-0.4, -0.2) is 19.6 Å². The van der Waals surface area contributed by atoms with Crippen molar-refractivity contribution in [3.8, 4) is 0 Å². The molecule has 3 rings (SSSR count). The van der Waals surface area contributed by atoms with Crippen molar-refractivity contribution in [2.45, 2.75) is 12.8 Å². The number of rotatable bonds is 0. The van der Waals surface area contributed by atoms with Crippen LogP contribution in [0.3, 0.4) is 0 Å². The number of fused-ring (bicyclic) bond motifs is 1. The Labute approximate surface area is 90.1 Å². The summed E-state index contributed by atoms with van der Waals surface area (Å²) in [6.07, 6.45) is 8.79. The Balaban J connectivity index is 2.03. The molecule has 0 aromatic carbocycles. The molecule has 0 aromatic heterocycles. The number of piperidine rings is 1. The molecule has 0 radical (unpaired) electrons. The largest absolute Gasteiger partial charge is 0.401 e. The zero-order valence-corrected chi connectivity index (χ0v) is 8.84. The van der Waals surface area contributed by atoms with Crippen LogP contribution in [0.15, 0.2) is 35.2 Å². The average Bonchev–Trinajstić information content (AvgIpc) is 2.54. The summed E-state index contributed by atoms with van der Waals surface area (Å²) in [7, 11) is 0. The summed E-state index contributed by atoms with van der Waals surface area (Å²) in [6, 6.07) is 0. The van der Waals surface area contributed by atoms with E-state index >= 15 is 0 Å². The van der Waals surface area contributed by atoms with Crippen molar-refractivity contribution in [2.75, 3.05) is 19.6 Å². The third-order valence-electron chi connectivity index (χ3n) is 3.78. The van der Waals surface area contributed by atoms with Crippen molar-refractivity contribution < 1.29 is 0 Å². The van der Waals surface area contributed by atoms with Crippen LogP contribution >= 0.6 is 0 Å². The Morgan fingerprint density at radius 1 is 1.27 bits per heavy atom. The second-order valence-electron chi connectivity index (χ2n) is 4.62. The lowest BCUT2D eigenvalue weighted by atomic mass is 9.78. The first-order chi connectivity index (χ1) is 7.32. The van der Waals surface area contributed by atoms with Crippen LogP contribution in [0.2, 0.25) is 0 Å². The van der Waals surface area contributed by atoms with Gasteiger partial charge in [-0.1, -0.05) is 6.08 Å². The second kappa shape index (κ2) is 3.14. The lowest BCUT2D eigenvalue weighted by Crippen LogP contribution is -2.38. The Hall–Kier alpha value is -1.22. The van der Waals surface area contributed by atoms with Crippen molar-refractivity contribution in [3.63, 3.8) is 0 Å². The molecule has 0 saturated carbocycles. The van der Waals surface area contributed by atoms with Crippen LogP contribution in [0.1, 0.15) is 12.8 Å². The highest BCUT2D eigenvalue weighted by Crippen LogP contribution is 2.45. The third kappa shape index (κ3) is 1.23. The molecule has 80 valence electrons. The van der Waals surface area contributed by atoms with Crippen LogP contribution in [0.4, 0.5) is 0 Å². The van der Waals surface area contributed by atoms with E-state index in [2.05, 4.69) is 22.8 Å². The Kier molecular flexibility index (Phi) is 1.89. The summed E-state index contributed by atoms with van der Waals surface area (Å²) in [4.78, 5) is 0. The quantitative estimate of drug-likeness (QED) is 0.541. The lowest BCUT2D eigenvalue weighted by Gasteiger charge is -2.33. The number of nitrogens with two attached hydrogens (primary N) is 1. The van der Waals surface area contributed by atoms with Gasteiger partial charge < -0.3 is 16.4 Å². The van der Waals surface area contributed by atoms with Gasteiger partial charge in [-0.2, -0.15) is 0 Å². The van der Waals surface area contributed by atoms with Gasteiger partial charge in [-0.15, -0.1) is 0 Å². The summed E-state index contributed by atoms with van der Waals surface area (Å²) in [5.74, 6) is 0. The molecule has 4 N–H and O–H groups in total. The number of hydrogen-bond donors (Lipinski definition) is 3. The van der Waals surface area contributed by atoms with Gasteiger partial charge in [0.2, 0.25) is 0 Å². The number of hydrogen-bond acceptors (Lipinski definition) is 3. The summed E-state index contributed by atoms with van der Waals surface area (Å²) in [6.45, 7) is 3.09. The van der Waals surface area contributed by atoms with Gasteiger partial charge in [-0.3, -0.25) is 0 Å². The van der Waals surface area contributed by atoms with Gasteiger partial charge >= 0.3 is 0 Å². The minimum Gasteiger partial charge on any atom is -0.401 e. The maximum atomic E-state index is 6.32. The SMILES string of the molecule is NC1=C2C=CNCC2=CC12CCNCC2. The van der Waals surface area contributed by atoms with E-state index in [0.717, 1.165) is 38.2 Å². The Morgan fingerprint density at radius 3 is 2.80 bits per heavy atom. The zero-order chi connectivity index (χ0) is 10.3. The molecule has 15 heavy (non-hydrogen) atoms. The maximum Gasteiger partial charge on any atom is 0.0399 e. The molecule has 3 heteroatoms. The van der Waals surface area contributed by atoms with Crippen LogP contribution in [0.5, 0.6) is 0 Å². The molecular formula is C12H17N3. The van der Waals surface area contributed by atoms with E-state index < -0.39 is 0 Å². The van der Waals surface area contributed by atoms with E-state index in [4.69, 9.17) is 5.73 Å². The molecule has 1 aliphatic carbocycles. The van der Waals surface area contributed by atoms with Crippen molar-refractivity contribution in [1.29, 1.82) is 0 Å². The monoisotopic (exact) mass is 203 g/mol. The molecule has 0 amide bonds. The fraction of sp³-hybridized carbons (Fsp3) is 0.500.